The van der Waals surface area contributed by atoms with Crippen LogP contribution in [0.4, 0.5) is 0 Å². The van der Waals surface area contributed by atoms with Crippen LogP contribution in [0.5, 0.6) is 0 Å². The molecule has 1 unspecified atom stereocenters. The van der Waals surface area contributed by atoms with Gasteiger partial charge in [-0.2, -0.15) is 0 Å². The topological polar surface area (TPSA) is 75.6 Å². The van der Waals surface area contributed by atoms with Gasteiger partial charge in [-0.05, 0) is 6.42 Å². The number of nitrogens with zero attached hydrogens (tertiary/aromatic N) is 1. The third kappa shape index (κ3) is 2.72. The molecule has 0 aliphatic carbocycles. The Bertz CT molecular complexity index is 402. The number of amides is 1. The molecule has 7 heteroatoms. The number of aliphatic imine (C=N–C) groups is 1. The summed E-state index contributed by atoms with van der Waals surface area (Å²) in [5.74, 6) is 0.406. The van der Waals surface area contributed by atoms with E-state index < -0.39 is 9.84 Å². The molecular formula is C8H12N2O3S2. The molecule has 1 saturated heterocycles. The van der Waals surface area contributed by atoms with Crippen LogP contribution in [0.25, 0.3) is 0 Å². The first-order chi connectivity index (χ1) is 7.07. The molecular weight excluding hydrogens is 236 g/mol. The quantitative estimate of drug-likeness (QED) is 0.687. The number of thioether (sulfide) groups is 1. The van der Waals surface area contributed by atoms with Gasteiger partial charge in [-0.3, -0.25) is 9.79 Å². The fraction of sp³-hybridized carbons (Fsp3) is 0.750. The summed E-state index contributed by atoms with van der Waals surface area (Å²) >= 11 is 1.50. The van der Waals surface area contributed by atoms with E-state index in [0.717, 1.165) is 12.3 Å². The van der Waals surface area contributed by atoms with Gasteiger partial charge in [0.15, 0.2) is 15.0 Å². The van der Waals surface area contributed by atoms with Crippen molar-refractivity contribution in [3.63, 3.8) is 0 Å². The molecule has 5 nitrogen and oxygen atoms in total. The predicted octanol–water partition coefficient (Wildman–Crippen LogP) is -0.360. The minimum absolute atomic E-state index is 0.0171. The molecule has 0 aromatic carbocycles. The highest BCUT2D eigenvalue weighted by Crippen LogP contribution is 2.19. The van der Waals surface area contributed by atoms with Gasteiger partial charge in [-0.1, -0.05) is 11.8 Å². The highest BCUT2D eigenvalue weighted by atomic mass is 32.2. The Balaban J connectivity index is 1.92. The van der Waals surface area contributed by atoms with Crippen LogP contribution < -0.4 is 5.32 Å². The Morgan fingerprint density at radius 2 is 2.33 bits per heavy atom. The third-order valence-corrected chi connectivity index (χ3v) is 5.08. The second-order valence-electron chi connectivity index (χ2n) is 3.62. The van der Waals surface area contributed by atoms with Gasteiger partial charge in [0.2, 0.25) is 5.91 Å². The molecule has 0 aromatic rings. The van der Waals surface area contributed by atoms with E-state index in [1.165, 1.54) is 11.8 Å². The van der Waals surface area contributed by atoms with Crippen LogP contribution in [-0.4, -0.2) is 43.3 Å². The lowest BCUT2D eigenvalue weighted by molar-refractivity contribution is -0.122. The monoisotopic (exact) mass is 248 g/mol. The molecule has 84 valence electrons. The van der Waals surface area contributed by atoms with Crippen molar-refractivity contribution in [2.45, 2.75) is 6.42 Å². The SMILES string of the molecule is O=C(NC1=NCCS1)C1CCS(=O)(=O)C1. The molecule has 2 heterocycles. The van der Waals surface area contributed by atoms with Crippen molar-refractivity contribution in [1.29, 1.82) is 0 Å². The Morgan fingerprint density at radius 1 is 1.53 bits per heavy atom. The summed E-state index contributed by atoms with van der Waals surface area (Å²) in [7, 11) is -2.98. The number of rotatable bonds is 1. The number of amidine groups is 1. The highest BCUT2D eigenvalue weighted by molar-refractivity contribution is 8.14. The van der Waals surface area contributed by atoms with Crippen LogP contribution >= 0.6 is 11.8 Å². The van der Waals surface area contributed by atoms with Gasteiger partial charge < -0.3 is 5.32 Å². The lowest BCUT2D eigenvalue weighted by Gasteiger charge is -2.07. The van der Waals surface area contributed by atoms with Crippen LogP contribution in [0.2, 0.25) is 0 Å². The van der Waals surface area contributed by atoms with Gasteiger partial charge in [0, 0.05) is 5.75 Å². The number of carbonyl (C=O) groups excluding carboxylic acids is 1. The summed E-state index contributed by atoms with van der Waals surface area (Å²) in [6.45, 7) is 0.725. The van der Waals surface area contributed by atoms with E-state index in [0.29, 0.717) is 11.6 Å². The molecule has 0 spiro atoms. The maximum atomic E-state index is 11.6. The molecule has 2 aliphatic rings. The van der Waals surface area contributed by atoms with Gasteiger partial charge in [0.1, 0.15) is 0 Å². The average Bonchev–Trinajstić information content (AvgIpc) is 2.74. The van der Waals surface area contributed by atoms with Gasteiger partial charge in [-0.15, -0.1) is 0 Å². The normalized spacial score (nSPS) is 28.8. The molecule has 0 saturated carbocycles. The van der Waals surface area contributed by atoms with E-state index in [1.807, 2.05) is 0 Å². The molecule has 1 fully saturated rings. The number of hydrogen-bond donors (Lipinski definition) is 1. The van der Waals surface area contributed by atoms with Crippen LogP contribution in [0.3, 0.4) is 0 Å². The molecule has 2 rings (SSSR count). The van der Waals surface area contributed by atoms with Crippen molar-refractivity contribution >= 4 is 32.7 Å². The lowest BCUT2D eigenvalue weighted by atomic mass is 10.1. The van der Waals surface area contributed by atoms with E-state index in [2.05, 4.69) is 10.3 Å². The number of hydrogen-bond acceptors (Lipinski definition) is 5. The smallest absolute Gasteiger partial charge is 0.230 e. The van der Waals surface area contributed by atoms with Gasteiger partial charge >= 0.3 is 0 Å². The number of sulfone groups is 1. The largest absolute Gasteiger partial charge is 0.305 e. The van der Waals surface area contributed by atoms with E-state index in [9.17, 15) is 13.2 Å². The molecule has 1 amide bonds. The van der Waals surface area contributed by atoms with Crippen LogP contribution in [0.15, 0.2) is 4.99 Å². The standard InChI is InChI=1S/C8H12N2O3S2/c11-7(10-8-9-2-3-14-8)6-1-4-15(12,13)5-6/h6H,1-5H2,(H,9,10,11). The zero-order chi connectivity index (χ0) is 10.9. The van der Waals surface area contributed by atoms with Gasteiger partial charge in [-0.25, -0.2) is 8.42 Å². The maximum absolute atomic E-state index is 11.6. The van der Waals surface area contributed by atoms with E-state index >= 15 is 0 Å². The van der Waals surface area contributed by atoms with Crippen molar-refractivity contribution in [2.24, 2.45) is 10.9 Å². The third-order valence-electron chi connectivity index (χ3n) is 2.42. The number of carbonyl (C=O) groups is 1. The molecule has 15 heavy (non-hydrogen) atoms. The van der Waals surface area contributed by atoms with Crippen molar-refractivity contribution in [1.82, 2.24) is 5.32 Å². The van der Waals surface area contributed by atoms with Crippen molar-refractivity contribution in [3.8, 4) is 0 Å². The van der Waals surface area contributed by atoms with Crippen LogP contribution in [0.1, 0.15) is 6.42 Å². The van der Waals surface area contributed by atoms with Gasteiger partial charge in [0.05, 0.1) is 24.0 Å². The minimum Gasteiger partial charge on any atom is -0.305 e. The first-order valence-corrected chi connectivity index (χ1v) is 7.56. The predicted molar refractivity (Wildman–Crippen MR) is 59.7 cm³/mol. The highest BCUT2D eigenvalue weighted by Gasteiger charge is 2.33. The van der Waals surface area contributed by atoms with Crippen molar-refractivity contribution in [2.75, 3.05) is 23.8 Å². The van der Waals surface area contributed by atoms with Gasteiger partial charge in [0.25, 0.3) is 0 Å². The molecule has 0 aromatic heterocycles. The zero-order valence-electron chi connectivity index (χ0n) is 8.10. The first kappa shape index (κ1) is 10.9. The fourth-order valence-electron chi connectivity index (χ4n) is 1.62. The Kier molecular flexibility index (Phi) is 3.01. The van der Waals surface area contributed by atoms with Crippen molar-refractivity contribution in [3.05, 3.63) is 0 Å². The Hall–Kier alpha value is -0.560. The summed E-state index contributed by atoms with van der Waals surface area (Å²) < 4.78 is 22.3. The van der Waals surface area contributed by atoms with E-state index in [4.69, 9.17) is 0 Å². The zero-order valence-corrected chi connectivity index (χ0v) is 9.73. The summed E-state index contributed by atoms with van der Waals surface area (Å²) in [4.78, 5) is 15.7. The maximum Gasteiger partial charge on any atom is 0.230 e. The summed E-state index contributed by atoms with van der Waals surface area (Å²) in [6.07, 6.45) is 0.437. The number of nitrogens with one attached hydrogen (secondary N) is 1. The van der Waals surface area contributed by atoms with Crippen molar-refractivity contribution < 1.29 is 13.2 Å². The second kappa shape index (κ2) is 4.13. The van der Waals surface area contributed by atoms with E-state index in [-0.39, 0.29) is 23.3 Å². The molecule has 0 radical (unpaired) electrons. The summed E-state index contributed by atoms with van der Waals surface area (Å²) in [5.41, 5.74) is 0. The first-order valence-electron chi connectivity index (χ1n) is 4.75. The summed E-state index contributed by atoms with van der Waals surface area (Å²) in [5, 5.41) is 3.30. The molecule has 1 N–H and O–H groups in total. The fourth-order valence-corrected chi connectivity index (χ4v) is 4.09. The average molecular weight is 248 g/mol. The minimum atomic E-state index is -2.98. The molecule has 1 atom stereocenters. The Morgan fingerprint density at radius 3 is 2.87 bits per heavy atom. The van der Waals surface area contributed by atoms with Crippen LogP contribution in [0, 0.1) is 5.92 Å². The molecule has 2 aliphatic heterocycles. The molecule has 0 bridgehead atoms. The second-order valence-corrected chi connectivity index (χ2v) is 6.94. The lowest BCUT2D eigenvalue weighted by Crippen LogP contribution is -2.34. The Labute approximate surface area is 92.6 Å². The summed E-state index contributed by atoms with van der Waals surface area (Å²) in [6, 6.07) is 0. The van der Waals surface area contributed by atoms with E-state index in [1.54, 1.807) is 0 Å². The van der Waals surface area contributed by atoms with Crippen LogP contribution in [-0.2, 0) is 14.6 Å².